The lowest BCUT2D eigenvalue weighted by Crippen LogP contribution is -2.50. The Balaban J connectivity index is 2.30. The molecule has 2 amide bonds. The van der Waals surface area contributed by atoms with Gasteiger partial charge in [0.15, 0.2) is 0 Å². The topological polar surface area (TPSA) is 98.3 Å². The quantitative estimate of drug-likeness (QED) is 0.665. The number of aliphatic carboxylic acids is 1. The van der Waals surface area contributed by atoms with Crippen LogP contribution in [0.2, 0.25) is 0 Å². The summed E-state index contributed by atoms with van der Waals surface area (Å²) in [5.74, 6) is -3.18. The number of hydrogen-bond donors (Lipinski definition) is 2. The van der Waals surface area contributed by atoms with Crippen molar-refractivity contribution in [1.82, 2.24) is 10.6 Å². The molecule has 0 bridgehead atoms. The van der Waals surface area contributed by atoms with Crippen LogP contribution in [-0.2, 0) is 9.59 Å². The highest BCUT2D eigenvalue weighted by Gasteiger charge is 2.20. The molecular formula is C22H22FN2O4-. The molecule has 6 nitrogen and oxygen atoms in total. The molecule has 0 spiro atoms. The van der Waals surface area contributed by atoms with E-state index < -0.39 is 29.6 Å². The van der Waals surface area contributed by atoms with Crippen LogP contribution in [0.4, 0.5) is 4.39 Å². The number of amides is 2. The maximum Gasteiger partial charge on any atom is 0.268 e. The Hall–Kier alpha value is -3.48. The Kier molecular flexibility index (Phi) is 7.65. The molecule has 2 N–H and O–H groups in total. The van der Waals surface area contributed by atoms with Crippen LogP contribution in [0.1, 0.15) is 36.2 Å². The second kappa shape index (κ2) is 10.2. The first-order valence-corrected chi connectivity index (χ1v) is 9.11. The molecule has 0 fully saturated rings. The highest BCUT2D eigenvalue weighted by molar-refractivity contribution is 6.06. The normalized spacial score (nSPS) is 12.3. The minimum atomic E-state index is -1.41. The summed E-state index contributed by atoms with van der Waals surface area (Å²) in [6.45, 7) is 3.63. The first-order valence-electron chi connectivity index (χ1n) is 9.11. The molecule has 0 heterocycles. The summed E-state index contributed by atoms with van der Waals surface area (Å²) in [6, 6.07) is 12.3. The van der Waals surface area contributed by atoms with Gasteiger partial charge in [-0.05, 0) is 48.2 Å². The number of nitrogens with one attached hydrogen (secondary N) is 2. The van der Waals surface area contributed by atoms with Crippen LogP contribution < -0.4 is 15.7 Å². The second-order valence-corrected chi connectivity index (χ2v) is 6.90. The average Bonchev–Trinajstić information content (AvgIpc) is 2.68. The van der Waals surface area contributed by atoms with E-state index in [0.29, 0.717) is 11.1 Å². The fourth-order valence-corrected chi connectivity index (χ4v) is 2.59. The Morgan fingerprint density at radius 3 is 2.21 bits per heavy atom. The van der Waals surface area contributed by atoms with Gasteiger partial charge in [-0.15, -0.1) is 0 Å². The number of carbonyl (C=O) groups excluding carboxylic acids is 3. The first-order chi connectivity index (χ1) is 13.8. The number of benzene rings is 2. The van der Waals surface area contributed by atoms with Crippen molar-refractivity contribution in [2.24, 2.45) is 5.92 Å². The van der Waals surface area contributed by atoms with Gasteiger partial charge in [0.1, 0.15) is 11.5 Å². The van der Waals surface area contributed by atoms with Gasteiger partial charge in [0.2, 0.25) is 0 Å². The van der Waals surface area contributed by atoms with Crippen molar-refractivity contribution in [3.63, 3.8) is 0 Å². The van der Waals surface area contributed by atoms with Crippen LogP contribution in [0.15, 0.2) is 60.3 Å². The van der Waals surface area contributed by atoms with Crippen LogP contribution in [0.25, 0.3) is 6.08 Å². The first kappa shape index (κ1) is 21.8. The average molecular weight is 397 g/mol. The summed E-state index contributed by atoms with van der Waals surface area (Å²) < 4.78 is 13.2. The summed E-state index contributed by atoms with van der Waals surface area (Å²) in [5.41, 5.74) is 0.614. The molecule has 0 aliphatic rings. The van der Waals surface area contributed by atoms with E-state index in [1.807, 2.05) is 13.8 Å². The van der Waals surface area contributed by atoms with Gasteiger partial charge in [0.25, 0.3) is 11.8 Å². The van der Waals surface area contributed by atoms with Crippen LogP contribution >= 0.6 is 0 Å². The fraction of sp³-hybridized carbons (Fsp3) is 0.227. The monoisotopic (exact) mass is 397 g/mol. The smallest absolute Gasteiger partial charge is 0.268 e. The molecule has 0 saturated heterocycles. The van der Waals surface area contributed by atoms with Gasteiger partial charge in [-0.1, -0.05) is 44.2 Å². The molecule has 2 aromatic carbocycles. The van der Waals surface area contributed by atoms with Gasteiger partial charge in [0, 0.05) is 5.56 Å². The van der Waals surface area contributed by atoms with E-state index in [1.165, 1.54) is 30.3 Å². The van der Waals surface area contributed by atoms with E-state index in [2.05, 4.69) is 10.6 Å². The van der Waals surface area contributed by atoms with Gasteiger partial charge in [-0.3, -0.25) is 9.59 Å². The number of hydrogen-bond acceptors (Lipinski definition) is 4. The maximum absolute atomic E-state index is 13.2. The van der Waals surface area contributed by atoms with E-state index in [-0.39, 0.29) is 18.0 Å². The SMILES string of the molecule is CC(C)C[C@@H](NC(=O)/C(=C/c1ccc(F)cc1)NC(=O)c1ccccc1)C(=O)[O-]. The summed E-state index contributed by atoms with van der Waals surface area (Å²) in [7, 11) is 0. The van der Waals surface area contributed by atoms with Crippen LogP contribution in [0.5, 0.6) is 0 Å². The van der Waals surface area contributed by atoms with Crippen molar-refractivity contribution < 1.29 is 23.9 Å². The summed E-state index contributed by atoms with van der Waals surface area (Å²) >= 11 is 0. The lowest BCUT2D eigenvalue weighted by Gasteiger charge is -2.22. The fourth-order valence-electron chi connectivity index (χ4n) is 2.59. The molecule has 1 atom stereocenters. The second-order valence-electron chi connectivity index (χ2n) is 6.90. The van der Waals surface area contributed by atoms with Crippen molar-refractivity contribution in [3.05, 3.63) is 77.2 Å². The molecule has 0 radical (unpaired) electrons. The summed E-state index contributed by atoms with van der Waals surface area (Å²) in [6.07, 6.45) is 1.52. The highest BCUT2D eigenvalue weighted by Crippen LogP contribution is 2.10. The van der Waals surface area contributed by atoms with E-state index in [4.69, 9.17) is 0 Å². The van der Waals surface area contributed by atoms with Gasteiger partial charge in [-0.2, -0.15) is 0 Å². The third-order valence-electron chi connectivity index (χ3n) is 4.01. The van der Waals surface area contributed by atoms with Crippen molar-refractivity contribution in [3.8, 4) is 0 Å². The molecule has 0 aliphatic carbocycles. The van der Waals surface area contributed by atoms with E-state index in [9.17, 15) is 23.9 Å². The summed E-state index contributed by atoms with van der Waals surface area (Å²) in [4.78, 5) is 36.6. The lowest BCUT2D eigenvalue weighted by molar-refractivity contribution is -0.308. The summed E-state index contributed by atoms with van der Waals surface area (Å²) in [5, 5.41) is 16.2. The van der Waals surface area contributed by atoms with Crippen molar-refractivity contribution in [2.45, 2.75) is 26.3 Å². The minimum Gasteiger partial charge on any atom is -0.548 e. The van der Waals surface area contributed by atoms with E-state index >= 15 is 0 Å². The van der Waals surface area contributed by atoms with Crippen LogP contribution in [0.3, 0.4) is 0 Å². The van der Waals surface area contributed by atoms with Crippen molar-refractivity contribution >= 4 is 23.9 Å². The molecule has 152 valence electrons. The molecule has 2 rings (SSSR count). The van der Waals surface area contributed by atoms with Gasteiger partial charge >= 0.3 is 0 Å². The van der Waals surface area contributed by atoms with Crippen LogP contribution in [0, 0.1) is 11.7 Å². The lowest BCUT2D eigenvalue weighted by atomic mass is 10.0. The zero-order chi connectivity index (χ0) is 21.4. The van der Waals surface area contributed by atoms with Gasteiger partial charge in [-0.25, -0.2) is 4.39 Å². The molecule has 0 saturated carbocycles. The largest absolute Gasteiger partial charge is 0.548 e. The molecule has 29 heavy (non-hydrogen) atoms. The molecule has 0 aromatic heterocycles. The Labute approximate surface area is 168 Å². The molecule has 7 heteroatoms. The number of rotatable bonds is 8. The molecule has 2 aromatic rings. The van der Waals surface area contributed by atoms with Gasteiger partial charge in [0.05, 0.1) is 12.0 Å². The van der Waals surface area contributed by atoms with Crippen molar-refractivity contribution in [1.29, 1.82) is 0 Å². The minimum absolute atomic E-state index is 0.00152. The third-order valence-corrected chi connectivity index (χ3v) is 4.01. The number of carbonyl (C=O) groups is 3. The Morgan fingerprint density at radius 2 is 1.66 bits per heavy atom. The molecule has 0 aliphatic heterocycles. The Morgan fingerprint density at radius 1 is 1.03 bits per heavy atom. The molecular weight excluding hydrogens is 375 g/mol. The maximum atomic E-state index is 13.2. The highest BCUT2D eigenvalue weighted by atomic mass is 19.1. The zero-order valence-corrected chi connectivity index (χ0v) is 16.1. The predicted octanol–water partition coefficient (Wildman–Crippen LogP) is 1.88. The zero-order valence-electron chi connectivity index (χ0n) is 16.1. The standard InChI is InChI=1S/C22H23FN2O4/c1-14(2)12-19(22(28)29)25-21(27)18(13-15-8-10-17(23)11-9-15)24-20(26)16-6-4-3-5-7-16/h3-11,13-14,19H,12H2,1-2H3,(H,24,26)(H,25,27)(H,28,29)/p-1/b18-13-/t19-/m1/s1. The number of carboxylic acids is 1. The van der Waals surface area contributed by atoms with E-state index in [1.54, 1.807) is 30.3 Å². The van der Waals surface area contributed by atoms with Gasteiger partial charge < -0.3 is 20.5 Å². The number of halogens is 1. The van der Waals surface area contributed by atoms with E-state index in [0.717, 1.165) is 0 Å². The molecule has 0 unspecified atom stereocenters. The Bertz CT molecular complexity index is 893. The number of carboxylic acid groups (broad SMARTS) is 1. The predicted molar refractivity (Wildman–Crippen MR) is 105 cm³/mol. The third kappa shape index (κ3) is 6.88. The van der Waals surface area contributed by atoms with Crippen molar-refractivity contribution in [2.75, 3.05) is 0 Å². The van der Waals surface area contributed by atoms with Crippen LogP contribution in [-0.4, -0.2) is 23.8 Å².